The van der Waals surface area contributed by atoms with Gasteiger partial charge in [-0.15, -0.1) is 0 Å². The first-order chi connectivity index (χ1) is 11.8. The van der Waals surface area contributed by atoms with E-state index in [1.54, 1.807) is 0 Å². The number of benzene rings is 2. The Bertz CT molecular complexity index is 761. The molecule has 1 aliphatic heterocycles. The van der Waals surface area contributed by atoms with Gasteiger partial charge in [0.2, 0.25) is 0 Å². The number of fused-ring (bicyclic) bond motifs is 1. The highest BCUT2D eigenvalue weighted by Crippen LogP contribution is 2.36. The predicted octanol–water partition coefficient (Wildman–Crippen LogP) is 3.38. The number of amides is 1. The Labute approximate surface area is 148 Å². The summed E-state index contributed by atoms with van der Waals surface area (Å²) < 4.78 is 5.58. The average molecular weight is 339 g/mol. The molecule has 1 heterocycles. The summed E-state index contributed by atoms with van der Waals surface area (Å²) in [5.41, 5.74) is 1.45. The van der Waals surface area contributed by atoms with E-state index in [9.17, 15) is 9.90 Å². The van der Waals surface area contributed by atoms with Gasteiger partial charge in [-0.05, 0) is 29.2 Å². The van der Waals surface area contributed by atoms with Crippen molar-refractivity contribution in [2.45, 2.75) is 38.2 Å². The van der Waals surface area contributed by atoms with Crippen molar-refractivity contribution in [3.8, 4) is 5.75 Å². The maximum Gasteiger partial charge on any atom is 0.251 e. The van der Waals surface area contributed by atoms with Gasteiger partial charge in [-0.3, -0.25) is 4.79 Å². The first-order valence-corrected chi connectivity index (χ1v) is 8.63. The number of nitrogens with one attached hydrogen (secondary N) is 1. The van der Waals surface area contributed by atoms with Gasteiger partial charge in [-0.1, -0.05) is 51.1 Å². The molecule has 4 heteroatoms. The topological polar surface area (TPSA) is 58.6 Å². The third kappa shape index (κ3) is 3.69. The summed E-state index contributed by atoms with van der Waals surface area (Å²) in [4.78, 5) is 12.4. The van der Waals surface area contributed by atoms with Crippen molar-refractivity contribution >= 4 is 5.91 Å². The molecule has 2 aromatic carbocycles. The van der Waals surface area contributed by atoms with Gasteiger partial charge >= 0.3 is 0 Å². The number of hydrogen-bond acceptors (Lipinski definition) is 3. The van der Waals surface area contributed by atoms with Crippen LogP contribution in [0, 0.1) is 0 Å². The maximum absolute atomic E-state index is 12.4. The normalized spacial score (nSPS) is 19.7. The number of aliphatic hydroxyl groups is 1. The van der Waals surface area contributed by atoms with Crippen molar-refractivity contribution in [1.29, 1.82) is 0 Å². The smallest absolute Gasteiger partial charge is 0.251 e. The fourth-order valence-electron chi connectivity index (χ4n) is 3.08. The molecule has 0 radical (unpaired) electrons. The SMILES string of the molecule is CC(C)(C)c1ccc(C(=O)NCC2(O)CCOc3ccccc32)cc1. The molecule has 0 aliphatic carbocycles. The fourth-order valence-corrected chi connectivity index (χ4v) is 3.08. The second kappa shape index (κ2) is 6.52. The van der Waals surface area contributed by atoms with Gasteiger partial charge in [-0.25, -0.2) is 0 Å². The maximum atomic E-state index is 12.4. The first-order valence-electron chi connectivity index (χ1n) is 8.63. The molecule has 3 rings (SSSR count). The van der Waals surface area contributed by atoms with Crippen molar-refractivity contribution in [3.63, 3.8) is 0 Å². The van der Waals surface area contributed by atoms with Crippen LogP contribution in [0.1, 0.15) is 48.7 Å². The van der Waals surface area contributed by atoms with E-state index in [0.717, 1.165) is 5.56 Å². The number of hydrogen-bond donors (Lipinski definition) is 2. The van der Waals surface area contributed by atoms with E-state index in [1.807, 2.05) is 48.5 Å². The van der Waals surface area contributed by atoms with E-state index >= 15 is 0 Å². The molecule has 2 aromatic rings. The Hall–Kier alpha value is -2.33. The van der Waals surface area contributed by atoms with Gasteiger partial charge in [0, 0.05) is 17.5 Å². The Balaban J connectivity index is 1.71. The molecule has 1 atom stereocenters. The number of ether oxygens (including phenoxy) is 1. The van der Waals surface area contributed by atoms with Crippen molar-refractivity contribution in [2.75, 3.05) is 13.2 Å². The van der Waals surface area contributed by atoms with Crippen LogP contribution in [0.2, 0.25) is 0 Å². The summed E-state index contributed by atoms with van der Waals surface area (Å²) in [6, 6.07) is 15.0. The molecule has 25 heavy (non-hydrogen) atoms. The first kappa shape index (κ1) is 17.5. The third-order valence-electron chi connectivity index (χ3n) is 4.72. The molecule has 0 fully saturated rings. The number of rotatable bonds is 3. The second-order valence-electron chi connectivity index (χ2n) is 7.64. The molecule has 0 bridgehead atoms. The Morgan fingerprint density at radius 3 is 2.52 bits per heavy atom. The monoisotopic (exact) mass is 339 g/mol. The van der Waals surface area contributed by atoms with Crippen LogP contribution in [0.15, 0.2) is 48.5 Å². The van der Waals surface area contributed by atoms with E-state index in [1.165, 1.54) is 5.56 Å². The van der Waals surface area contributed by atoms with Crippen LogP contribution in [0.25, 0.3) is 0 Å². The quantitative estimate of drug-likeness (QED) is 0.901. The van der Waals surface area contributed by atoms with Gasteiger partial charge < -0.3 is 15.2 Å². The van der Waals surface area contributed by atoms with E-state index in [2.05, 4.69) is 26.1 Å². The number of carbonyl (C=O) groups excluding carboxylic acids is 1. The molecule has 2 N–H and O–H groups in total. The lowest BCUT2D eigenvalue weighted by Gasteiger charge is -2.34. The summed E-state index contributed by atoms with van der Waals surface area (Å²) >= 11 is 0. The zero-order chi connectivity index (χ0) is 18.1. The molecule has 0 aromatic heterocycles. The predicted molar refractivity (Wildman–Crippen MR) is 97.9 cm³/mol. The van der Waals surface area contributed by atoms with Gasteiger partial charge in [0.25, 0.3) is 5.91 Å². The minimum absolute atomic E-state index is 0.0516. The van der Waals surface area contributed by atoms with Crippen LogP contribution in [-0.4, -0.2) is 24.2 Å². The van der Waals surface area contributed by atoms with E-state index < -0.39 is 5.60 Å². The number of carbonyl (C=O) groups is 1. The van der Waals surface area contributed by atoms with Gasteiger partial charge in [0.05, 0.1) is 13.2 Å². The lowest BCUT2D eigenvalue weighted by Crippen LogP contribution is -2.43. The molecule has 0 spiro atoms. The van der Waals surface area contributed by atoms with Crippen LogP contribution in [0.4, 0.5) is 0 Å². The third-order valence-corrected chi connectivity index (χ3v) is 4.72. The standard InChI is InChI=1S/C21H25NO3/c1-20(2,3)16-10-8-15(9-11-16)19(23)22-14-21(24)12-13-25-18-7-5-4-6-17(18)21/h4-11,24H,12-14H2,1-3H3,(H,22,23). The van der Waals surface area contributed by atoms with E-state index in [-0.39, 0.29) is 17.9 Å². The average Bonchev–Trinajstić information content (AvgIpc) is 2.60. The Kier molecular flexibility index (Phi) is 4.56. The zero-order valence-electron chi connectivity index (χ0n) is 15.0. The molecular weight excluding hydrogens is 314 g/mol. The molecule has 132 valence electrons. The molecule has 1 unspecified atom stereocenters. The summed E-state index contributed by atoms with van der Waals surface area (Å²) in [5, 5.41) is 13.8. The highest BCUT2D eigenvalue weighted by Gasteiger charge is 2.35. The van der Waals surface area contributed by atoms with Crippen molar-refractivity contribution < 1.29 is 14.6 Å². The summed E-state index contributed by atoms with van der Waals surface area (Å²) in [5.74, 6) is 0.498. The fraction of sp³-hybridized carbons (Fsp3) is 0.381. The second-order valence-corrected chi connectivity index (χ2v) is 7.64. The van der Waals surface area contributed by atoms with E-state index in [0.29, 0.717) is 24.3 Å². The Morgan fingerprint density at radius 1 is 1.16 bits per heavy atom. The van der Waals surface area contributed by atoms with Crippen LogP contribution in [-0.2, 0) is 11.0 Å². The van der Waals surface area contributed by atoms with Gasteiger partial charge in [0.1, 0.15) is 11.4 Å². The lowest BCUT2D eigenvalue weighted by molar-refractivity contribution is -0.00160. The van der Waals surface area contributed by atoms with Crippen LogP contribution in [0.3, 0.4) is 0 Å². The summed E-state index contributed by atoms with van der Waals surface area (Å²) in [6.45, 7) is 7.01. The molecule has 4 nitrogen and oxygen atoms in total. The van der Waals surface area contributed by atoms with Crippen LogP contribution in [0.5, 0.6) is 5.75 Å². The Morgan fingerprint density at radius 2 is 1.84 bits per heavy atom. The largest absolute Gasteiger partial charge is 0.493 e. The minimum Gasteiger partial charge on any atom is -0.493 e. The highest BCUT2D eigenvalue weighted by atomic mass is 16.5. The minimum atomic E-state index is -1.10. The summed E-state index contributed by atoms with van der Waals surface area (Å²) in [6.07, 6.45) is 0.452. The van der Waals surface area contributed by atoms with Gasteiger partial charge in [0.15, 0.2) is 0 Å². The molecule has 0 saturated heterocycles. The van der Waals surface area contributed by atoms with Crippen LogP contribution < -0.4 is 10.1 Å². The molecular formula is C21H25NO3. The number of para-hydroxylation sites is 1. The molecule has 1 amide bonds. The summed E-state index contributed by atoms with van der Waals surface area (Å²) in [7, 11) is 0. The van der Waals surface area contributed by atoms with Crippen molar-refractivity contribution in [1.82, 2.24) is 5.32 Å². The lowest BCUT2D eigenvalue weighted by atomic mass is 9.86. The van der Waals surface area contributed by atoms with Crippen molar-refractivity contribution in [2.24, 2.45) is 0 Å². The van der Waals surface area contributed by atoms with Crippen LogP contribution >= 0.6 is 0 Å². The molecule has 1 aliphatic rings. The van der Waals surface area contributed by atoms with E-state index in [4.69, 9.17) is 4.74 Å². The highest BCUT2D eigenvalue weighted by molar-refractivity contribution is 5.94. The van der Waals surface area contributed by atoms with Gasteiger partial charge in [-0.2, -0.15) is 0 Å². The zero-order valence-corrected chi connectivity index (χ0v) is 15.0. The molecule has 0 saturated carbocycles. The van der Waals surface area contributed by atoms with Crippen molar-refractivity contribution in [3.05, 3.63) is 65.2 Å².